The van der Waals surface area contributed by atoms with Gasteiger partial charge in [0, 0.05) is 17.9 Å². The van der Waals surface area contributed by atoms with Crippen molar-refractivity contribution < 1.29 is 17.9 Å². The van der Waals surface area contributed by atoms with Crippen LogP contribution in [0, 0.1) is 0 Å². The number of pyridine rings is 1. The SMILES string of the molecule is COc1ccc(NS(=O)(=O)c2ccc(CNC(C)=O)s2)cn1. The van der Waals surface area contributed by atoms with Crippen LogP contribution in [0.3, 0.4) is 0 Å². The lowest BCUT2D eigenvalue weighted by Crippen LogP contribution is -2.18. The molecule has 0 atom stereocenters. The molecule has 0 aromatic carbocycles. The minimum atomic E-state index is -3.68. The van der Waals surface area contributed by atoms with Crippen molar-refractivity contribution in [3.8, 4) is 5.88 Å². The van der Waals surface area contributed by atoms with E-state index in [0.717, 1.165) is 16.2 Å². The highest BCUT2D eigenvalue weighted by Crippen LogP contribution is 2.24. The number of nitrogens with zero attached hydrogens (tertiary/aromatic N) is 1. The topological polar surface area (TPSA) is 97.4 Å². The fraction of sp³-hybridized carbons (Fsp3) is 0.231. The molecule has 0 aliphatic rings. The zero-order valence-electron chi connectivity index (χ0n) is 12.0. The molecule has 2 rings (SSSR count). The van der Waals surface area contributed by atoms with E-state index in [1.165, 1.54) is 26.3 Å². The predicted molar refractivity (Wildman–Crippen MR) is 83.4 cm³/mol. The van der Waals surface area contributed by atoms with Crippen molar-refractivity contribution in [3.05, 3.63) is 35.3 Å². The Morgan fingerprint density at radius 2 is 2.09 bits per heavy atom. The molecular weight excluding hydrogens is 326 g/mol. The van der Waals surface area contributed by atoms with Crippen molar-refractivity contribution in [3.63, 3.8) is 0 Å². The minimum Gasteiger partial charge on any atom is -0.481 e. The minimum absolute atomic E-state index is 0.166. The average molecular weight is 341 g/mol. The quantitative estimate of drug-likeness (QED) is 0.831. The van der Waals surface area contributed by atoms with Crippen molar-refractivity contribution in [2.45, 2.75) is 17.7 Å². The smallest absolute Gasteiger partial charge is 0.271 e. The molecule has 0 fully saturated rings. The van der Waals surface area contributed by atoms with Crippen molar-refractivity contribution in [1.29, 1.82) is 0 Å². The Morgan fingerprint density at radius 1 is 1.32 bits per heavy atom. The second-order valence-corrected chi connectivity index (χ2v) is 7.40. The number of anilines is 1. The third-order valence-electron chi connectivity index (χ3n) is 2.61. The largest absolute Gasteiger partial charge is 0.481 e. The maximum absolute atomic E-state index is 12.3. The van der Waals surface area contributed by atoms with Gasteiger partial charge in [0.1, 0.15) is 4.21 Å². The Balaban J connectivity index is 2.10. The second-order valence-electron chi connectivity index (χ2n) is 4.33. The standard InChI is InChI=1S/C13H15N3O4S2/c1-9(17)14-8-11-4-6-13(21-11)22(18,19)16-10-3-5-12(20-2)15-7-10/h3-7,16H,8H2,1-2H3,(H,14,17). The molecule has 7 nitrogen and oxygen atoms in total. The van der Waals surface area contributed by atoms with Crippen molar-refractivity contribution in [1.82, 2.24) is 10.3 Å². The molecule has 118 valence electrons. The van der Waals surface area contributed by atoms with E-state index in [9.17, 15) is 13.2 Å². The molecule has 0 aliphatic heterocycles. The summed E-state index contributed by atoms with van der Waals surface area (Å²) < 4.78 is 32.0. The molecule has 9 heteroatoms. The highest BCUT2D eigenvalue weighted by molar-refractivity contribution is 7.94. The van der Waals surface area contributed by atoms with Gasteiger partial charge in [0.15, 0.2) is 0 Å². The van der Waals surface area contributed by atoms with Gasteiger partial charge in [0.25, 0.3) is 10.0 Å². The molecule has 2 aromatic rings. The molecule has 22 heavy (non-hydrogen) atoms. The third-order valence-corrected chi connectivity index (χ3v) is 5.57. The van der Waals surface area contributed by atoms with Gasteiger partial charge < -0.3 is 10.1 Å². The van der Waals surface area contributed by atoms with Crippen LogP contribution >= 0.6 is 11.3 Å². The molecule has 2 aromatic heterocycles. The van der Waals surface area contributed by atoms with E-state index in [2.05, 4.69) is 15.0 Å². The van der Waals surface area contributed by atoms with E-state index >= 15 is 0 Å². The lowest BCUT2D eigenvalue weighted by Gasteiger charge is -2.06. The Morgan fingerprint density at radius 3 is 2.68 bits per heavy atom. The molecular formula is C13H15N3O4S2. The van der Waals surface area contributed by atoms with Crippen LogP contribution in [-0.2, 0) is 21.4 Å². The van der Waals surface area contributed by atoms with Crippen LogP contribution in [0.25, 0.3) is 0 Å². The maximum Gasteiger partial charge on any atom is 0.271 e. The summed E-state index contributed by atoms with van der Waals surface area (Å²) in [5, 5.41) is 2.62. The predicted octanol–water partition coefficient (Wildman–Crippen LogP) is 1.59. The molecule has 0 unspecified atom stereocenters. The van der Waals surface area contributed by atoms with Gasteiger partial charge in [-0.25, -0.2) is 13.4 Å². The van der Waals surface area contributed by atoms with Crippen LogP contribution in [-0.4, -0.2) is 26.4 Å². The van der Waals surface area contributed by atoms with Crippen LogP contribution in [0.5, 0.6) is 5.88 Å². The van der Waals surface area contributed by atoms with Gasteiger partial charge in [0.05, 0.1) is 25.5 Å². The first-order valence-corrected chi connectivity index (χ1v) is 8.56. The van der Waals surface area contributed by atoms with E-state index in [1.807, 2.05) is 0 Å². The summed E-state index contributed by atoms with van der Waals surface area (Å²) in [4.78, 5) is 15.5. The van der Waals surface area contributed by atoms with Crippen molar-refractivity contribution in [2.24, 2.45) is 0 Å². The summed E-state index contributed by atoms with van der Waals surface area (Å²) in [7, 11) is -2.20. The maximum atomic E-state index is 12.3. The van der Waals surface area contributed by atoms with Gasteiger partial charge >= 0.3 is 0 Å². The Kier molecular flexibility index (Phi) is 4.99. The molecule has 0 aliphatic carbocycles. The van der Waals surface area contributed by atoms with Gasteiger partial charge in [0.2, 0.25) is 11.8 Å². The highest BCUT2D eigenvalue weighted by atomic mass is 32.2. The number of carbonyl (C=O) groups is 1. The van der Waals surface area contributed by atoms with E-state index in [-0.39, 0.29) is 10.1 Å². The third kappa shape index (κ3) is 4.18. The molecule has 0 radical (unpaired) electrons. The van der Waals surface area contributed by atoms with Crippen LogP contribution in [0.4, 0.5) is 5.69 Å². The lowest BCUT2D eigenvalue weighted by molar-refractivity contribution is -0.119. The summed E-state index contributed by atoms with van der Waals surface area (Å²) in [5.74, 6) is 0.233. The number of methoxy groups -OCH3 is 1. The molecule has 2 heterocycles. The molecule has 0 spiro atoms. The van der Waals surface area contributed by atoms with Crippen molar-refractivity contribution >= 4 is 33.0 Å². The number of amides is 1. The summed E-state index contributed by atoms with van der Waals surface area (Å²) >= 11 is 1.10. The monoisotopic (exact) mass is 341 g/mol. The summed E-state index contributed by atoms with van der Waals surface area (Å²) in [6.07, 6.45) is 1.38. The Bertz CT molecular complexity index is 754. The first kappa shape index (κ1) is 16.2. The number of ether oxygens (including phenoxy) is 1. The summed E-state index contributed by atoms with van der Waals surface area (Å²) in [6, 6.07) is 6.30. The Labute approximate surface area is 132 Å². The first-order chi connectivity index (χ1) is 10.4. The lowest BCUT2D eigenvalue weighted by atomic mass is 10.4. The molecule has 0 saturated carbocycles. The number of thiophene rings is 1. The fourth-order valence-electron chi connectivity index (χ4n) is 1.58. The van der Waals surface area contributed by atoms with Crippen LogP contribution < -0.4 is 14.8 Å². The molecule has 2 N–H and O–H groups in total. The van der Waals surface area contributed by atoms with E-state index in [0.29, 0.717) is 18.1 Å². The molecule has 0 bridgehead atoms. The summed E-state index contributed by atoms with van der Waals surface area (Å²) in [5.41, 5.74) is 0.345. The molecule has 0 saturated heterocycles. The average Bonchev–Trinajstić information content (AvgIpc) is 2.95. The number of hydrogen-bond donors (Lipinski definition) is 2. The van der Waals surface area contributed by atoms with Crippen LogP contribution in [0.1, 0.15) is 11.8 Å². The fourth-order valence-corrected chi connectivity index (χ4v) is 3.91. The number of carbonyl (C=O) groups excluding carboxylic acids is 1. The van der Waals surface area contributed by atoms with E-state index in [1.54, 1.807) is 18.2 Å². The summed E-state index contributed by atoms with van der Waals surface area (Å²) in [6.45, 7) is 1.71. The second kappa shape index (κ2) is 6.75. The zero-order valence-corrected chi connectivity index (χ0v) is 13.6. The van der Waals surface area contributed by atoms with Gasteiger partial charge in [-0.1, -0.05) is 0 Å². The number of sulfonamides is 1. The number of rotatable bonds is 6. The number of hydrogen-bond acceptors (Lipinski definition) is 6. The van der Waals surface area contributed by atoms with E-state index < -0.39 is 10.0 Å². The van der Waals surface area contributed by atoms with Crippen molar-refractivity contribution in [2.75, 3.05) is 11.8 Å². The zero-order chi connectivity index (χ0) is 16.2. The van der Waals surface area contributed by atoms with Crippen LogP contribution in [0.2, 0.25) is 0 Å². The molecule has 1 amide bonds. The van der Waals surface area contributed by atoms with Gasteiger partial charge in [-0.3, -0.25) is 9.52 Å². The van der Waals surface area contributed by atoms with Crippen LogP contribution in [0.15, 0.2) is 34.7 Å². The normalized spacial score (nSPS) is 11.0. The van der Waals surface area contributed by atoms with Gasteiger partial charge in [-0.2, -0.15) is 0 Å². The van der Waals surface area contributed by atoms with Gasteiger partial charge in [-0.15, -0.1) is 11.3 Å². The number of nitrogens with one attached hydrogen (secondary N) is 2. The van der Waals surface area contributed by atoms with E-state index in [4.69, 9.17) is 4.74 Å². The first-order valence-electron chi connectivity index (χ1n) is 6.27. The van der Waals surface area contributed by atoms with Gasteiger partial charge in [-0.05, 0) is 18.2 Å². The highest BCUT2D eigenvalue weighted by Gasteiger charge is 2.17. The Hall–Kier alpha value is -2.13. The number of aromatic nitrogens is 1.